The lowest BCUT2D eigenvalue weighted by atomic mass is 10.1. The Morgan fingerprint density at radius 1 is 1.52 bits per heavy atom. The number of aliphatic carboxylic acids is 1. The highest BCUT2D eigenvalue weighted by atomic mass is 79.9. The first-order chi connectivity index (χ1) is 9.90. The topological polar surface area (TPSA) is 55.1 Å². The predicted molar refractivity (Wildman–Crippen MR) is 83.7 cm³/mol. The van der Waals surface area contributed by atoms with Gasteiger partial charge in [-0.05, 0) is 24.1 Å². The molecule has 0 unspecified atom stereocenters. The number of aromatic nitrogens is 2. The molecule has 1 aromatic heterocycles. The second kappa shape index (κ2) is 6.62. The van der Waals surface area contributed by atoms with E-state index in [2.05, 4.69) is 20.9 Å². The zero-order chi connectivity index (χ0) is 15.6. The first-order valence-electron chi connectivity index (χ1n) is 6.27. The van der Waals surface area contributed by atoms with E-state index < -0.39 is 5.97 Å². The molecule has 0 saturated heterocycles. The minimum Gasteiger partial charge on any atom is -0.481 e. The molecule has 1 N–H and O–H groups in total. The van der Waals surface area contributed by atoms with Gasteiger partial charge in [0.05, 0.1) is 17.6 Å². The maximum absolute atomic E-state index is 14.2. The summed E-state index contributed by atoms with van der Waals surface area (Å²) in [6, 6.07) is 4.77. The number of benzene rings is 1. The molecule has 0 bridgehead atoms. The van der Waals surface area contributed by atoms with Gasteiger partial charge in [0, 0.05) is 10.2 Å². The van der Waals surface area contributed by atoms with Crippen molar-refractivity contribution < 1.29 is 14.3 Å². The van der Waals surface area contributed by atoms with E-state index >= 15 is 0 Å². The molecular weight excluding hydrogens is 359 g/mol. The Bertz CT molecular complexity index is 673. The molecule has 2 aromatic rings. The van der Waals surface area contributed by atoms with Gasteiger partial charge in [-0.3, -0.25) is 9.36 Å². The quantitative estimate of drug-likeness (QED) is 0.803. The number of imidazole rings is 1. The number of thioether (sulfide) groups is 1. The van der Waals surface area contributed by atoms with Crippen molar-refractivity contribution in [2.24, 2.45) is 0 Å². The van der Waals surface area contributed by atoms with E-state index in [0.29, 0.717) is 15.3 Å². The second-order valence-electron chi connectivity index (χ2n) is 4.73. The molecule has 0 aliphatic carbocycles. The Hall–Kier alpha value is -1.34. The maximum atomic E-state index is 14.2. The largest absolute Gasteiger partial charge is 0.481 e. The zero-order valence-corrected chi connectivity index (χ0v) is 13.9. The molecule has 112 valence electrons. The van der Waals surface area contributed by atoms with Gasteiger partial charge in [0.1, 0.15) is 5.82 Å². The average molecular weight is 373 g/mol. The van der Waals surface area contributed by atoms with E-state index in [0.717, 1.165) is 17.5 Å². The Morgan fingerprint density at radius 3 is 2.81 bits per heavy atom. The van der Waals surface area contributed by atoms with Gasteiger partial charge in [-0.1, -0.05) is 41.5 Å². The first kappa shape index (κ1) is 16.0. The van der Waals surface area contributed by atoms with E-state index in [9.17, 15) is 9.18 Å². The minimum absolute atomic E-state index is 0.118. The van der Waals surface area contributed by atoms with Crippen LogP contribution in [0.25, 0.3) is 5.69 Å². The third kappa shape index (κ3) is 3.65. The van der Waals surface area contributed by atoms with Gasteiger partial charge >= 0.3 is 5.97 Å². The van der Waals surface area contributed by atoms with Gasteiger partial charge in [0.25, 0.3) is 0 Å². The minimum atomic E-state index is -0.933. The molecule has 0 atom stereocenters. The number of nitrogens with zero attached hydrogens (tertiary/aromatic N) is 2. The molecule has 1 heterocycles. The number of hydrogen-bond donors (Lipinski definition) is 1. The fraction of sp³-hybridized carbons (Fsp3) is 0.286. The van der Waals surface area contributed by atoms with E-state index in [1.54, 1.807) is 22.9 Å². The van der Waals surface area contributed by atoms with Crippen LogP contribution in [0.3, 0.4) is 0 Å². The molecular formula is C14H14BrFN2O2S. The van der Waals surface area contributed by atoms with Crippen LogP contribution in [0.15, 0.2) is 34.0 Å². The van der Waals surface area contributed by atoms with E-state index in [-0.39, 0.29) is 17.5 Å². The van der Waals surface area contributed by atoms with Gasteiger partial charge < -0.3 is 5.11 Å². The second-order valence-corrected chi connectivity index (χ2v) is 6.59. The number of halogens is 2. The van der Waals surface area contributed by atoms with Crippen molar-refractivity contribution in [1.82, 2.24) is 9.55 Å². The van der Waals surface area contributed by atoms with Gasteiger partial charge in [-0.15, -0.1) is 0 Å². The lowest BCUT2D eigenvalue weighted by Crippen LogP contribution is -2.07. The fourth-order valence-corrected chi connectivity index (χ4v) is 2.93. The van der Waals surface area contributed by atoms with Gasteiger partial charge in [-0.25, -0.2) is 9.37 Å². The summed E-state index contributed by atoms with van der Waals surface area (Å²) >= 11 is 4.30. The smallest absolute Gasteiger partial charge is 0.313 e. The Kier molecular flexibility index (Phi) is 5.05. The van der Waals surface area contributed by atoms with Crippen molar-refractivity contribution in [2.75, 3.05) is 5.75 Å². The van der Waals surface area contributed by atoms with Crippen LogP contribution in [0, 0.1) is 5.82 Å². The van der Waals surface area contributed by atoms with Crippen LogP contribution >= 0.6 is 27.7 Å². The zero-order valence-electron chi connectivity index (χ0n) is 11.5. The number of hydrogen-bond acceptors (Lipinski definition) is 3. The highest BCUT2D eigenvalue weighted by Crippen LogP contribution is 2.29. The van der Waals surface area contributed by atoms with Crippen molar-refractivity contribution in [3.05, 3.63) is 40.4 Å². The summed E-state index contributed by atoms with van der Waals surface area (Å²) in [6.07, 6.45) is 1.66. The van der Waals surface area contributed by atoms with Crippen LogP contribution < -0.4 is 0 Å². The van der Waals surface area contributed by atoms with E-state index in [1.165, 1.54) is 6.07 Å². The van der Waals surface area contributed by atoms with Crippen molar-refractivity contribution in [2.45, 2.75) is 24.9 Å². The van der Waals surface area contributed by atoms with Crippen LogP contribution in [0.5, 0.6) is 0 Å². The molecule has 7 heteroatoms. The SMILES string of the molecule is CC(C)c1cnc(SCC(=O)O)n1-c1ccc(Br)cc1F. The van der Waals surface area contributed by atoms with Gasteiger partial charge in [0.15, 0.2) is 5.16 Å². The fourth-order valence-electron chi connectivity index (χ4n) is 1.89. The van der Waals surface area contributed by atoms with Crippen LogP contribution in [-0.2, 0) is 4.79 Å². The molecule has 21 heavy (non-hydrogen) atoms. The van der Waals surface area contributed by atoms with Crippen molar-refractivity contribution in [3.63, 3.8) is 0 Å². The van der Waals surface area contributed by atoms with Crippen molar-refractivity contribution >= 4 is 33.7 Å². The van der Waals surface area contributed by atoms with Gasteiger partial charge in [0.2, 0.25) is 0 Å². The third-order valence-corrected chi connectivity index (χ3v) is 4.25. The van der Waals surface area contributed by atoms with Crippen LogP contribution in [0.1, 0.15) is 25.5 Å². The number of carboxylic acid groups (broad SMARTS) is 1. The highest BCUT2D eigenvalue weighted by molar-refractivity contribution is 9.10. The molecule has 0 fully saturated rings. The average Bonchev–Trinajstić information content (AvgIpc) is 2.80. The predicted octanol–water partition coefficient (Wildman–Crippen LogP) is 4.07. The first-order valence-corrected chi connectivity index (χ1v) is 8.05. The Balaban J connectivity index is 2.52. The summed E-state index contributed by atoms with van der Waals surface area (Å²) in [5, 5.41) is 9.28. The van der Waals surface area contributed by atoms with Crippen molar-refractivity contribution in [1.29, 1.82) is 0 Å². The van der Waals surface area contributed by atoms with Crippen LogP contribution in [-0.4, -0.2) is 26.4 Å². The molecule has 2 rings (SSSR count). The number of carbonyl (C=O) groups is 1. The van der Waals surface area contributed by atoms with Gasteiger partial charge in [-0.2, -0.15) is 0 Å². The van der Waals surface area contributed by atoms with E-state index in [1.807, 2.05) is 13.8 Å². The number of rotatable bonds is 5. The van der Waals surface area contributed by atoms with Crippen LogP contribution in [0.4, 0.5) is 4.39 Å². The Morgan fingerprint density at radius 2 is 2.24 bits per heavy atom. The summed E-state index contributed by atoms with van der Waals surface area (Å²) < 4.78 is 16.6. The molecule has 0 amide bonds. The molecule has 0 saturated carbocycles. The summed E-state index contributed by atoms with van der Waals surface area (Å²) in [7, 11) is 0. The van der Waals surface area contributed by atoms with Crippen molar-refractivity contribution in [3.8, 4) is 5.69 Å². The lowest BCUT2D eigenvalue weighted by molar-refractivity contribution is -0.133. The number of carboxylic acids is 1. The standard InChI is InChI=1S/C14H14BrFN2O2S/c1-8(2)12-6-17-14(21-7-13(19)20)18(12)11-4-3-9(15)5-10(11)16/h3-6,8H,7H2,1-2H3,(H,19,20). The monoisotopic (exact) mass is 372 g/mol. The normalized spacial score (nSPS) is 11.1. The molecule has 0 spiro atoms. The molecule has 0 radical (unpaired) electrons. The maximum Gasteiger partial charge on any atom is 0.313 e. The summed E-state index contributed by atoms with van der Waals surface area (Å²) in [6.45, 7) is 3.96. The molecule has 4 nitrogen and oxygen atoms in total. The lowest BCUT2D eigenvalue weighted by Gasteiger charge is -2.14. The van der Waals surface area contributed by atoms with E-state index in [4.69, 9.17) is 5.11 Å². The Labute approximate surface area is 134 Å². The summed E-state index contributed by atoms with van der Waals surface area (Å²) in [4.78, 5) is 15.0. The molecule has 1 aromatic carbocycles. The summed E-state index contributed by atoms with van der Waals surface area (Å²) in [5.41, 5.74) is 1.21. The highest BCUT2D eigenvalue weighted by Gasteiger charge is 2.18. The summed E-state index contributed by atoms with van der Waals surface area (Å²) in [5.74, 6) is -1.30. The molecule has 0 aliphatic rings. The third-order valence-electron chi connectivity index (χ3n) is 2.82. The van der Waals surface area contributed by atoms with Crippen LogP contribution in [0.2, 0.25) is 0 Å². The molecule has 0 aliphatic heterocycles.